The van der Waals surface area contributed by atoms with Gasteiger partial charge in [0.15, 0.2) is 0 Å². The van der Waals surface area contributed by atoms with E-state index in [0.29, 0.717) is 18.5 Å². The highest BCUT2D eigenvalue weighted by Gasteiger charge is 2.06. The number of fused-ring (bicyclic) bond motifs is 1. The summed E-state index contributed by atoms with van der Waals surface area (Å²) in [5.41, 5.74) is 4.42. The Balaban J connectivity index is 1.32. The largest absolute Gasteiger partial charge is 0.352 e. The Bertz CT molecular complexity index is 1120. The van der Waals surface area contributed by atoms with Crippen molar-refractivity contribution in [3.05, 3.63) is 101 Å². The number of rotatable bonds is 4. The molecule has 0 fully saturated rings. The number of carbonyl (C=O) groups is 1. The van der Waals surface area contributed by atoms with Crippen LogP contribution in [0.25, 0.3) is 11.0 Å². The summed E-state index contributed by atoms with van der Waals surface area (Å²) in [6, 6.07) is 25.0. The number of amides is 1. The van der Waals surface area contributed by atoms with Crippen LogP contribution in [0.5, 0.6) is 0 Å². The highest BCUT2D eigenvalue weighted by Crippen LogP contribution is 2.10. The highest BCUT2D eigenvalue weighted by molar-refractivity contribution is 5.94. The number of hydrogen-bond acceptors (Lipinski definition) is 2. The Morgan fingerprint density at radius 3 is 2.29 bits per heavy atom. The normalized spacial score (nSPS) is 10.3. The van der Waals surface area contributed by atoms with Gasteiger partial charge in [0.1, 0.15) is 5.82 Å². The zero-order chi connectivity index (χ0) is 19.2. The lowest BCUT2D eigenvalue weighted by Gasteiger charge is -2.04. The van der Waals surface area contributed by atoms with E-state index in [1.807, 2.05) is 66.7 Å². The molecule has 0 saturated carbocycles. The number of H-pyrrole nitrogens is 1. The summed E-state index contributed by atoms with van der Waals surface area (Å²) in [5, 5.41) is 2.93. The number of aromatic nitrogens is 2. The molecular weight excluding hydrogens is 346 g/mol. The molecule has 1 aromatic heterocycles. The molecule has 2 N–H and O–H groups in total. The molecule has 28 heavy (non-hydrogen) atoms. The van der Waals surface area contributed by atoms with E-state index < -0.39 is 0 Å². The maximum atomic E-state index is 12.3. The first-order valence-corrected chi connectivity index (χ1v) is 9.17. The number of benzene rings is 3. The van der Waals surface area contributed by atoms with E-state index in [0.717, 1.165) is 28.0 Å². The summed E-state index contributed by atoms with van der Waals surface area (Å²) in [5.74, 6) is 6.99. The van der Waals surface area contributed by atoms with Crippen molar-refractivity contribution in [2.24, 2.45) is 0 Å². The van der Waals surface area contributed by atoms with Crippen LogP contribution in [0.3, 0.4) is 0 Å². The number of para-hydroxylation sites is 2. The van der Waals surface area contributed by atoms with Crippen molar-refractivity contribution in [2.45, 2.75) is 6.42 Å². The monoisotopic (exact) mass is 365 g/mol. The fourth-order valence-corrected chi connectivity index (χ4v) is 2.89. The molecule has 0 bridgehead atoms. The molecule has 0 atom stereocenters. The van der Waals surface area contributed by atoms with Gasteiger partial charge in [0.2, 0.25) is 0 Å². The van der Waals surface area contributed by atoms with Gasteiger partial charge in [-0.2, -0.15) is 0 Å². The van der Waals surface area contributed by atoms with Gasteiger partial charge < -0.3 is 10.3 Å². The average molecular weight is 365 g/mol. The fraction of sp³-hybridized carbons (Fsp3) is 0.0833. The summed E-state index contributed by atoms with van der Waals surface area (Å²) >= 11 is 0. The van der Waals surface area contributed by atoms with E-state index in [1.165, 1.54) is 0 Å². The van der Waals surface area contributed by atoms with Crippen LogP contribution in [0.2, 0.25) is 0 Å². The van der Waals surface area contributed by atoms with E-state index in [-0.39, 0.29) is 5.91 Å². The summed E-state index contributed by atoms with van der Waals surface area (Å²) in [6.07, 6.45) is 0.654. The van der Waals surface area contributed by atoms with Crippen LogP contribution in [-0.2, 0) is 6.42 Å². The van der Waals surface area contributed by atoms with Gasteiger partial charge in [-0.3, -0.25) is 4.79 Å². The van der Waals surface area contributed by atoms with E-state index >= 15 is 0 Å². The smallest absolute Gasteiger partial charge is 0.251 e. The first kappa shape index (κ1) is 17.6. The van der Waals surface area contributed by atoms with Crippen LogP contribution in [0.15, 0.2) is 78.9 Å². The number of aromatic amines is 1. The van der Waals surface area contributed by atoms with Crippen molar-refractivity contribution >= 4 is 16.9 Å². The molecule has 0 unspecified atom stereocenters. The van der Waals surface area contributed by atoms with Gasteiger partial charge in [-0.15, -0.1) is 0 Å². The standard InChI is InChI=1S/C24H19N3O/c28-24(25-17-16-23-26-21-8-4-5-9-22(21)27-23)20-14-12-19(13-15-20)11-10-18-6-2-1-3-7-18/h1-9,12-15H,16-17H2,(H,25,28)(H,26,27). The maximum Gasteiger partial charge on any atom is 0.251 e. The third-order valence-corrected chi connectivity index (χ3v) is 4.36. The minimum atomic E-state index is -0.0984. The Morgan fingerprint density at radius 1 is 0.857 bits per heavy atom. The molecule has 0 saturated heterocycles. The van der Waals surface area contributed by atoms with Gasteiger partial charge in [-0.05, 0) is 48.5 Å². The van der Waals surface area contributed by atoms with E-state index in [2.05, 4.69) is 27.1 Å². The minimum Gasteiger partial charge on any atom is -0.352 e. The molecule has 0 aliphatic heterocycles. The molecule has 4 heteroatoms. The van der Waals surface area contributed by atoms with Crippen LogP contribution in [0, 0.1) is 11.8 Å². The van der Waals surface area contributed by atoms with E-state index in [9.17, 15) is 4.79 Å². The molecule has 4 nitrogen and oxygen atoms in total. The second kappa shape index (κ2) is 8.24. The predicted molar refractivity (Wildman–Crippen MR) is 111 cm³/mol. The first-order valence-electron chi connectivity index (χ1n) is 9.17. The van der Waals surface area contributed by atoms with Crippen LogP contribution < -0.4 is 5.32 Å². The minimum absolute atomic E-state index is 0.0984. The van der Waals surface area contributed by atoms with Gasteiger partial charge >= 0.3 is 0 Å². The van der Waals surface area contributed by atoms with E-state index in [1.54, 1.807) is 12.1 Å². The lowest BCUT2D eigenvalue weighted by molar-refractivity contribution is 0.0954. The number of imidazole rings is 1. The lowest BCUT2D eigenvalue weighted by Crippen LogP contribution is -2.25. The van der Waals surface area contributed by atoms with Gasteiger partial charge in [-0.25, -0.2) is 4.98 Å². The topological polar surface area (TPSA) is 57.8 Å². The second-order valence-electron chi connectivity index (χ2n) is 6.40. The number of carbonyl (C=O) groups excluding carboxylic acids is 1. The lowest BCUT2D eigenvalue weighted by atomic mass is 10.1. The molecule has 0 spiro atoms. The number of hydrogen-bond donors (Lipinski definition) is 2. The summed E-state index contributed by atoms with van der Waals surface area (Å²) in [6.45, 7) is 0.522. The predicted octanol–water partition coefficient (Wildman–Crippen LogP) is 3.94. The molecule has 4 aromatic rings. The average Bonchev–Trinajstić information content (AvgIpc) is 3.16. The Labute approximate surface area is 163 Å². The van der Waals surface area contributed by atoms with Crippen molar-refractivity contribution in [2.75, 3.05) is 6.54 Å². The summed E-state index contributed by atoms with van der Waals surface area (Å²) in [4.78, 5) is 20.1. The molecule has 136 valence electrons. The molecule has 3 aromatic carbocycles. The van der Waals surface area contributed by atoms with E-state index in [4.69, 9.17) is 0 Å². The molecule has 1 amide bonds. The Morgan fingerprint density at radius 2 is 1.54 bits per heavy atom. The zero-order valence-electron chi connectivity index (χ0n) is 15.3. The number of nitrogens with zero attached hydrogens (tertiary/aromatic N) is 1. The van der Waals surface area contributed by atoms with Gasteiger partial charge in [-0.1, -0.05) is 42.2 Å². The van der Waals surface area contributed by atoms with Gasteiger partial charge in [0.05, 0.1) is 11.0 Å². The van der Waals surface area contributed by atoms with Gasteiger partial charge in [0.25, 0.3) is 5.91 Å². The van der Waals surface area contributed by atoms with Crippen molar-refractivity contribution in [3.8, 4) is 11.8 Å². The fourth-order valence-electron chi connectivity index (χ4n) is 2.89. The molecule has 0 aliphatic carbocycles. The Kier molecular flexibility index (Phi) is 5.17. The van der Waals surface area contributed by atoms with Crippen LogP contribution in [0.1, 0.15) is 27.3 Å². The SMILES string of the molecule is O=C(NCCc1nc2ccccc2[nH]1)c1ccc(C#Cc2ccccc2)cc1. The van der Waals surface area contributed by atoms with Gasteiger partial charge in [0, 0.05) is 29.7 Å². The third-order valence-electron chi connectivity index (χ3n) is 4.36. The highest BCUT2D eigenvalue weighted by atomic mass is 16.1. The van der Waals surface area contributed by atoms with Crippen molar-refractivity contribution in [3.63, 3.8) is 0 Å². The first-order chi connectivity index (χ1) is 13.8. The van der Waals surface area contributed by atoms with Crippen LogP contribution >= 0.6 is 0 Å². The zero-order valence-corrected chi connectivity index (χ0v) is 15.3. The quantitative estimate of drug-likeness (QED) is 0.538. The Hall–Kier alpha value is -3.84. The second-order valence-corrected chi connectivity index (χ2v) is 6.40. The molecule has 0 radical (unpaired) electrons. The van der Waals surface area contributed by atoms with Crippen molar-refractivity contribution in [1.29, 1.82) is 0 Å². The molecule has 0 aliphatic rings. The number of nitrogens with one attached hydrogen (secondary N) is 2. The molecule has 4 rings (SSSR count). The van der Waals surface area contributed by atoms with Crippen molar-refractivity contribution in [1.82, 2.24) is 15.3 Å². The summed E-state index contributed by atoms with van der Waals surface area (Å²) in [7, 11) is 0. The summed E-state index contributed by atoms with van der Waals surface area (Å²) < 4.78 is 0. The molecular formula is C24H19N3O. The molecule has 1 heterocycles. The van der Waals surface area contributed by atoms with Crippen molar-refractivity contribution < 1.29 is 4.79 Å². The third kappa shape index (κ3) is 4.28. The van der Waals surface area contributed by atoms with Crippen LogP contribution in [0.4, 0.5) is 0 Å². The van der Waals surface area contributed by atoms with Crippen LogP contribution in [-0.4, -0.2) is 22.4 Å². The maximum absolute atomic E-state index is 12.3.